The van der Waals surface area contributed by atoms with E-state index >= 15 is 0 Å². The van der Waals surface area contributed by atoms with Crippen molar-refractivity contribution in [1.29, 1.82) is 0 Å². The van der Waals surface area contributed by atoms with Crippen molar-refractivity contribution in [2.75, 3.05) is 9.80 Å². The predicted molar refractivity (Wildman–Crippen MR) is 238 cm³/mol. The lowest BCUT2D eigenvalue weighted by atomic mass is 9.96. The third-order valence-electron chi connectivity index (χ3n) is 11.1. The summed E-state index contributed by atoms with van der Waals surface area (Å²) in [4.78, 5) is 4.98. The Morgan fingerprint density at radius 1 is 0.250 bits per heavy atom. The van der Waals surface area contributed by atoms with Crippen LogP contribution in [0.3, 0.4) is 0 Å². The maximum absolute atomic E-state index is 2.49. The van der Waals surface area contributed by atoms with Crippen LogP contribution in [0.4, 0.5) is 22.7 Å². The van der Waals surface area contributed by atoms with Crippen molar-refractivity contribution in [2.24, 2.45) is 0 Å². The van der Waals surface area contributed by atoms with E-state index in [-0.39, 0.29) is 0 Å². The molecule has 0 aromatic heterocycles. The number of nitrogens with zero attached hydrogens (tertiary/aromatic N) is 2. The van der Waals surface area contributed by atoms with E-state index in [4.69, 9.17) is 0 Å². The van der Waals surface area contributed by atoms with Crippen LogP contribution in [0, 0.1) is 0 Å². The highest BCUT2D eigenvalue weighted by atomic mass is 15.2. The van der Waals surface area contributed by atoms with E-state index in [0.29, 0.717) is 0 Å². The molecule has 0 radical (unpaired) electrons. The molecule has 56 heavy (non-hydrogen) atoms. The summed E-state index contributed by atoms with van der Waals surface area (Å²) in [6, 6.07) is 79.4. The van der Waals surface area contributed by atoms with Gasteiger partial charge in [-0.15, -0.1) is 0 Å². The third kappa shape index (κ3) is 6.32. The van der Waals surface area contributed by atoms with Crippen molar-refractivity contribution in [3.05, 3.63) is 229 Å². The summed E-state index contributed by atoms with van der Waals surface area (Å²) in [6.45, 7) is 0. The number of hydrogen-bond donors (Lipinski definition) is 0. The lowest BCUT2D eigenvalue weighted by Crippen LogP contribution is -2.40. The molecule has 0 N–H and O–H groups in total. The van der Waals surface area contributed by atoms with Crippen LogP contribution in [-0.4, -0.2) is 0 Å². The van der Waals surface area contributed by atoms with Crippen LogP contribution in [0.25, 0.3) is 55.2 Å². The van der Waals surface area contributed by atoms with Crippen LogP contribution >= 0.6 is 0 Å². The summed E-state index contributed by atoms with van der Waals surface area (Å²) < 4.78 is 0. The minimum Gasteiger partial charge on any atom is -0.314 e. The van der Waals surface area contributed by atoms with Crippen molar-refractivity contribution in [1.82, 2.24) is 0 Å². The summed E-state index contributed by atoms with van der Waals surface area (Å²) in [5.74, 6) is 0. The lowest BCUT2D eigenvalue weighted by Gasteiger charge is -2.34. The highest BCUT2D eigenvalue weighted by molar-refractivity contribution is 5.94. The van der Waals surface area contributed by atoms with Crippen LogP contribution < -0.4 is 20.2 Å². The van der Waals surface area contributed by atoms with Gasteiger partial charge in [-0.25, -0.2) is 0 Å². The van der Waals surface area contributed by atoms with Crippen LogP contribution in [-0.2, 0) is 0 Å². The molecule has 0 heterocycles. The fourth-order valence-corrected chi connectivity index (χ4v) is 8.38. The van der Waals surface area contributed by atoms with Gasteiger partial charge >= 0.3 is 0 Å². The molecule has 0 amide bonds. The minimum atomic E-state index is 0.867. The Morgan fingerprint density at radius 3 is 0.982 bits per heavy atom. The standard InChI is InChI=1S/C54H40N2/c1-3-13-39(14-4-1)43-23-29-47(30-24-43)55(49-33-27-41-17-7-9-19-45(41)37-49)53-35-36-54(52-22-12-11-21-51(52)53)56(50-34-28-42-18-8-10-20-46(42)38-50)48-31-25-44(26-32-48)40-15-5-2-6-16-40/h1-34,37-38H,35-36H2. The van der Waals surface area contributed by atoms with Crippen LogP contribution in [0.2, 0.25) is 0 Å². The Bertz CT molecular complexity index is 2740. The van der Waals surface area contributed by atoms with E-state index in [0.717, 1.165) is 35.6 Å². The second-order valence-electron chi connectivity index (χ2n) is 14.5. The average Bonchev–Trinajstić information content (AvgIpc) is 3.28. The quantitative estimate of drug-likeness (QED) is 0.154. The van der Waals surface area contributed by atoms with Gasteiger partial charge in [0.25, 0.3) is 0 Å². The summed E-state index contributed by atoms with van der Waals surface area (Å²) >= 11 is 0. The van der Waals surface area contributed by atoms with Crippen molar-refractivity contribution < 1.29 is 0 Å². The average molecular weight is 717 g/mol. The van der Waals surface area contributed by atoms with Crippen molar-refractivity contribution in [3.63, 3.8) is 0 Å². The molecule has 9 aromatic rings. The van der Waals surface area contributed by atoms with Gasteiger partial charge in [-0.2, -0.15) is 0 Å². The SMILES string of the molecule is c1ccc(-c2ccc(N(C3=c4ccccc4=C(N(c4ccc(-c5ccccc5)cc4)c4ccc5ccccc5c4)CC3)c3ccc4ccccc4c3)cc2)cc1. The van der Waals surface area contributed by atoms with E-state index in [2.05, 4.69) is 228 Å². The van der Waals surface area contributed by atoms with E-state index in [1.54, 1.807) is 0 Å². The highest BCUT2D eigenvalue weighted by Gasteiger charge is 2.25. The number of anilines is 4. The van der Waals surface area contributed by atoms with Crippen LogP contribution in [0.15, 0.2) is 218 Å². The van der Waals surface area contributed by atoms with Gasteiger partial charge in [0.2, 0.25) is 0 Å². The van der Waals surface area contributed by atoms with Gasteiger partial charge in [0.15, 0.2) is 0 Å². The van der Waals surface area contributed by atoms with Gasteiger partial charge in [-0.1, -0.05) is 170 Å². The van der Waals surface area contributed by atoms with E-state index in [1.807, 2.05) is 0 Å². The molecule has 0 spiro atoms. The van der Waals surface area contributed by atoms with Gasteiger partial charge in [0.1, 0.15) is 0 Å². The first-order valence-electron chi connectivity index (χ1n) is 19.5. The molecule has 0 saturated carbocycles. The number of benzene rings is 9. The molecule has 0 bridgehead atoms. The Hall–Kier alpha value is -7.16. The molecule has 0 aliphatic heterocycles. The maximum Gasteiger partial charge on any atom is 0.0465 e. The summed E-state index contributed by atoms with van der Waals surface area (Å²) in [5.41, 5.74) is 12.1. The van der Waals surface area contributed by atoms with Gasteiger partial charge in [-0.3, -0.25) is 0 Å². The van der Waals surface area contributed by atoms with E-state index in [1.165, 1.54) is 65.6 Å². The topological polar surface area (TPSA) is 6.48 Å². The molecule has 2 nitrogen and oxygen atoms in total. The van der Waals surface area contributed by atoms with E-state index < -0.39 is 0 Å². The van der Waals surface area contributed by atoms with Gasteiger partial charge < -0.3 is 9.80 Å². The molecule has 0 unspecified atom stereocenters. The molecular formula is C54H40N2. The first-order chi connectivity index (χ1) is 27.8. The third-order valence-corrected chi connectivity index (χ3v) is 11.1. The summed E-state index contributed by atoms with van der Waals surface area (Å²) in [7, 11) is 0. The van der Waals surface area contributed by atoms with Crippen molar-refractivity contribution in [2.45, 2.75) is 12.8 Å². The largest absolute Gasteiger partial charge is 0.314 e. The van der Waals surface area contributed by atoms with Gasteiger partial charge in [-0.05, 0) is 105 Å². The second kappa shape index (κ2) is 14.6. The van der Waals surface area contributed by atoms with Gasteiger partial charge in [0, 0.05) is 44.6 Å². The zero-order valence-corrected chi connectivity index (χ0v) is 31.1. The first-order valence-corrected chi connectivity index (χ1v) is 19.5. The normalized spacial score (nSPS) is 12.4. The minimum absolute atomic E-state index is 0.867. The van der Waals surface area contributed by atoms with Crippen molar-refractivity contribution in [3.8, 4) is 22.3 Å². The fourth-order valence-electron chi connectivity index (χ4n) is 8.38. The Morgan fingerprint density at radius 2 is 0.571 bits per heavy atom. The first kappa shape index (κ1) is 33.4. The lowest BCUT2D eigenvalue weighted by molar-refractivity contribution is 0.970. The number of fused-ring (bicyclic) bond motifs is 3. The molecule has 1 aliphatic carbocycles. The highest BCUT2D eigenvalue weighted by Crippen LogP contribution is 2.40. The Labute approximate surface area is 328 Å². The molecule has 9 aromatic carbocycles. The molecule has 0 saturated heterocycles. The molecular weight excluding hydrogens is 677 g/mol. The predicted octanol–water partition coefficient (Wildman–Crippen LogP) is 13.0. The summed E-state index contributed by atoms with van der Waals surface area (Å²) in [6.07, 6.45) is 1.73. The second-order valence-corrected chi connectivity index (χ2v) is 14.5. The number of rotatable bonds is 8. The Balaban J connectivity index is 1.18. The molecule has 0 atom stereocenters. The zero-order chi connectivity index (χ0) is 37.3. The molecule has 266 valence electrons. The monoisotopic (exact) mass is 716 g/mol. The van der Waals surface area contributed by atoms with Gasteiger partial charge in [0.05, 0.1) is 0 Å². The maximum atomic E-state index is 2.49. The summed E-state index contributed by atoms with van der Waals surface area (Å²) in [5, 5.41) is 7.44. The van der Waals surface area contributed by atoms with Crippen LogP contribution in [0.5, 0.6) is 0 Å². The molecule has 10 rings (SSSR count). The number of hydrogen-bond acceptors (Lipinski definition) is 2. The molecule has 2 heteroatoms. The smallest absolute Gasteiger partial charge is 0.0465 e. The zero-order valence-electron chi connectivity index (χ0n) is 31.1. The van der Waals surface area contributed by atoms with Crippen molar-refractivity contribution >= 4 is 55.7 Å². The Kier molecular flexibility index (Phi) is 8.70. The van der Waals surface area contributed by atoms with Crippen LogP contribution in [0.1, 0.15) is 12.8 Å². The molecule has 1 aliphatic rings. The van der Waals surface area contributed by atoms with E-state index in [9.17, 15) is 0 Å². The molecule has 0 fully saturated rings. The fraction of sp³-hybridized carbons (Fsp3) is 0.0370.